The van der Waals surface area contributed by atoms with Crippen LogP contribution >= 0.6 is 11.8 Å². The maximum atomic E-state index is 11.4. The highest BCUT2D eigenvalue weighted by Crippen LogP contribution is 2.08. The second kappa shape index (κ2) is 6.27. The average molecular weight is 203 g/mol. The second-order valence-electron chi connectivity index (χ2n) is 3.10. The van der Waals surface area contributed by atoms with Crippen molar-refractivity contribution in [1.82, 2.24) is 5.32 Å². The fraction of sp³-hybridized carbons (Fsp3) is 0.889. The molecule has 0 aromatic rings. The van der Waals surface area contributed by atoms with Gasteiger partial charge in [0.2, 0.25) is 0 Å². The Hall–Kier alpha value is -0.220. The number of ether oxygens (including phenoxy) is 1. The standard InChI is InChI=1S/C9H17NO2S/c1-2-3-5-12-9(11)8-7-13-6-4-10-8/h8,10H,2-7H2,1H3/t8-/m0/s1. The monoisotopic (exact) mass is 203 g/mol. The van der Waals surface area contributed by atoms with Gasteiger partial charge in [-0.15, -0.1) is 0 Å². The van der Waals surface area contributed by atoms with E-state index in [-0.39, 0.29) is 12.0 Å². The summed E-state index contributed by atoms with van der Waals surface area (Å²) >= 11 is 1.81. The van der Waals surface area contributed by atoms with Gasteiger partial charge in [-0.25, -0.2) is 0 Å². The van der Waals surface area contributed by atoms with Gasteiger partial charge in [0.15, 0.2) is 0 Å². The molecular weight excluding hydrogens is 186 g/mol. The van der Waals surface area contributed by atoms with Crippen molar-refractivity contribution in [1.29, 1.82) is 0 Å². The van der Waals surface area contributed by atoms with Gasteiger partial charge in [0.25, 0.3) is 0 Å². The van der Waals surface area contributed by atoms with E-state index >= 15 is 0 Å². The zero-order chi connectivity index (χ0) is 9.52. The maximum absolute atomic E-state index is 11.4. The van der Waals surface area contributed by atoms with Crippen LogP contribution in [0.4, 0.5) is 0 Å². The summed E-state index contributed by atoms with van der Waals surface area (Å²) in [5, 5.41) is 3.15. The van der Waals surface area contributed by atoms with Crippen LogP contribution in [0.25, 0.3) is 0 Å². The predicted octanol–water partition coefficient (Wildman–Crippen LogP) is 1.03. The Bertz CT molecular complexity index is 158. The van der Waals surface area contributed by atoms with Gasteiger partial charge in [-0.1, -0.05) is 13.3 Å². The van der Waals surface area contributed by atoms with Crippen LogP contribution in [0.15, 0.2) is 0 Å². The normalized spacial score (nSPS) is 22.7. The van der Waals surface area contributed by atoms with Crippen LogP contribution in [0.3, 0.4) is 0 Å². The predicted molar refractivity (Wildman–Crippen MR) is 55.0 cm³/mol. The Kier molecular flexibility index (Phi) is 5.23. The third-order valence-corrected chi connectivity index (χ3v) is 3.01. The fourth-order valence-electron chi connectivity index (χ4n) is 1.13. The van der Waals surface area contributed by atoms with Gasteiger partial charge in [-0.2, -0.15) is 11.8 Å². The van der Waals surface area contributed by atoms with Crippen LogP contribution in [0.1, 0.15) is 19.8 Å². The number of carbonyl (C=O) groups is 1. The molecule has 0 saturated carbocycles. The number of rotatable bonds is 4. The number of hydrogen-bond donors (Lipinski definition) is 1. The summed E-state index contributed by atoms with van der Waals surface area (Å²) in [7, 11) is 0. The first-order valence-corrected chi connectivity index (χ1v) is 5.98. The molecule has 13 heavy (non-hydrogen) atoms. The summed E-state index contributed by atoms with van der Waals surface area (Å²) in [5.74, 6) is 1.87. The van der Waals surface area contributed by atoms with Crippen LogP contribution in [-0.4, -0.2) is 36.7 Å². The lowest BCUT2D eigenvalue weighted by Crippen LogP contribution is -2.44. The van der Waals surface area contributed by atoms with Crippen LogP contribution < -0.4 is 5.32 Å². The molecule has 1 N–H and O–H groups in total. The van der Waals surface area contributed by atoms with Gasteiger partial charge >= 0.3 is 5.97 Å². The van der Waals surface area contributed by atoms with Crippen LogP contribution in [0.5, 0.6) is 0 Å². The van der Waals surface area contributed by atoms with E-state index in [4.69, 9.17) is 4.74 Å². The van der Waals surface area contributed by atoms with Gasteiger partial charge in [0.1, 0.15) is 6.04 Å². The van der Waals surface area contributed by atoms with Crippen molar-refractivity contribution in [2.24, 2.45) is 0 Å². The molecule has 0 radical (unpaired) electrons. The Morgan fingerprint density at radius 3 is 3.15 bits per heavy atom. The Morgan fingerprint density at radius 1 is 1.69 bits per heavy atom. The molecule has 1 rings (SSSR count). The highest BCUT2D eigenvalue weighted by molar-refractivity contribution is 7.99. The van der Waals surface area contributed by atoms with E-state index in [2.05, 4.69) is 12.2 Å². The zero-order valence-corrected chi connectivity index (χ0v) is 8.86. The van der Waals surface area contributed by atoms with Crippen LogP contribution in [-0.2, 0) is 9.53 Å². The van der Waals surface area contributed by atoms with Gasteiger partial charge in [-0.05, 0) is 6.42 Å². The molecule has 0 aromatic carbocycles. The number of thioether (sulfide) groups is 1. The van der Waals surface area contributed by atoms with E-state index in [0.717, 1.165) is 30.9 Å². The number of hydrogen-bond acceptors (Lipinski definition) is 4. The Balaban J connectivity index is 2.13. The molecule has 4 heteroatoms. The molecule has 0 aliphatic carbocycles. The molecule has 1 atom stereocenters. The molecule has 0 bridgehead atoms. The average Bonchev–Trinajstić information content (AvgIpc) is 2.19. The molecule has 1 heterocycles. The van der Waals surface area contributed by atoms with E-state index in [0.29, 0.717) is 6.61 Å². The first kappa shape index (κ1) is 10.9. The van der Waals surface area contributed by atoms with Gasteiger partial charge < -0.3 is 10.1 Å². The van der Waals surface area contributed by atoms with Crippen LogP contribution in [0, 0.1) is 0 Å². The van der Waals surface area contributed by atoms with Crippen molar-refractivity contribution in [3.63, 3.8) is 0 Å². The number of esters is 1. The van der Waals surface area contributed by atoms with E-state index < -0.39 is 0 Å². The quantitative estimate of drug-likeness (QED) is 0.547. The maximum Gasteiger partial charge on any atom is 0.323 e. The highest BCUT2D eigenvalue weighted by atomic mass is 32.2. The fourth-order valence-corrected chi connectivity index (χ4v) is 2.05. The summed E-state index contributed by atoms with van der Waals surface area (Å²) < 4.78 is 5.11. The zero-order valence-electron chi connectivity index (χ0n) is 8.04. The van der Waals surface area contributed by atoms with E-state index in [1.165, 1.54) is 0 Å². The van der Waals surface area contributed by atoms with Crippen molar-refractivity contribution in [2.45, 2.75) is 25.8 Å². The van der Waals surface area contributed by atoms with Crippen molar-refractivity contribution < 1.29 is 9.53 Å². The van der Waals surface area contributed by atoms with Crippen molar-refractivity contribution in [2.75, 3.05) is 24.7 Å². The SMILES string of the molecule is CCCCOC(=O)[C@@H]1CSCCN1. The molecule has 1 saturated heterocycles. The minimum Gasteiger partial charge on any atom is -0.465 e. The summed E-state index contributed by atoms with van der Waals surface area (Å²) in [5.41, 5.74) is 0. The molecular formula is C9H17NO2S. The number of carbonyl (C=O) groups excluding carboxylic acids is 1. The first-order chi connectivity index (χ1) is 6.34. The smallest absolute Gasteiger partial charge is 0.323 e. The van der Waals surface area contributed by atoms with Gasteiger partial charge in [0, 0.05) is 18.1 Å². The molecule has 0 spiro atoms. The molecule has 76 valence electrons. The number of nitrogens with one attached hydrogen (secondary N) is 1. The minimum atomic E-state index is -0.0827. The molecule has 0 aromatic heterocycles. The van der Waals surface area contributed by atoms with Crippen molar-refractivity contribution in [3.8, 4) is 0 Å². The third kappa shape index (κ3) is 4.00. The lowest BCUT2D eigenvalue weighted by Gasteiger charge is -2.21. The van der Waals surface area contributed by atoms with Crippen molar-refractivity contribution in [3.05, 3.63) is 0 Å². The summed E-state index contributed by atoms with van der Waals surface area (Å²) in [6, 6.07) is -0.0735. The molecule has 1 aliphatic heterocycles. The molecule has 1 fully saturated rings. The molecule has 0 unspecified atom stereocenters. The summed E-state index contributed by atoms with van der Waals surface area (Å²) in [4.78, 5) is 11.4. The number of unbranched alkanes of at least 4 members (excludes halogenated alkanes) is 1. The van der Waals surface area contributed by atoms with Crippen LogP contribution in [0.2, 0.25) is 0 Å². The highest BCUT2D eigenvalue weighted by Gasteiger charge is 2.21. The van der Waals surface area contributed by atoms with E-state index in [9.17, 15) is 4.79 Å². The largest absolute Gasteiger partial charge is 0.465 e. The van der Waals surface area contributed by atoms with Crippen molar-refractivity contribution >= 4 is 17.7 Å². The van der Waals surface area contributed by atoms with Gasteiger partial charge in [0.05, 0.1) is 6.61 Å². The third-order valence-electron chi connectivity index (χ3n) is 1.95. The van der Waals surface area contributed by atoms with Gasteiger partial charge in [-0.3, -0.25) is 4.79 Å². The lowest BCUT2D eigenvalue weighted by atomic mass is 10.3. The molecule has 3 nitrogen and oxygen atoms in total. The lowest BCUT2D eigenvalue weighted by molar-refractivity contribution is -0.145. The molecule has 1 aliphatic rings. The van der Waals surface area contributed by atoms with E-state index in [1.807, 2.05) is 11.8 Å². The minimum absolute atomic E-state index is 0.0735. The second-order valence-corrected chi connectivity index (χ2v) is 4.25. The van der Waals surface area contributed by atoms with E-state index in [1.54, 1.807) is 0 Å². The first-order valence-electron chi connectivity index (χ1n) is 4.82. The topological polar surface area (TPSA) is 38.3 Å². The summed E-state index contributed by atoms with van der Waals surface area (Å²) in [6.45, 7) is 3.57. The Morgan fingerprint density at radius 2 is 2.54 bits per heavy atom. The Labute approximate surface area is 83.6 Å². The molecule has 0 amide bonds. The summed E-state index contributed by atoms with van der Waals surface area (Å²) in [6.07, 6.45) is 2.03.